The molecular formula is C15H24N2. The molecular weight excluding hydrogens is 208 g/mol. The Hall–Kier alpha value is -1.18. The summed E-state index contributed by atoms with van der Waals surface area (Å²) in [7, 11) is 2.19. The number of hydrogen-bond acceptors (Lipinski definition) is 2. The smallest absolute Gasteiger partial charge is 0.0605 e. The van der Waals surface area contributed by atoms with E-state index in [1.165, 1.54) is 16.9 Å². The van der Waals surface area contributed by atoms with E-state index in [4.69, 9.17) is 0 Å². The fourth-order valence-electron chi connectivity index (χ4n) is 2.33. The van der Waals surface area contributed by atoms with Crippen molar-refractivity contribution in [2.45, 2.75) is 52.1 Å². The van der Waals surface area contributed by atoms with Crippen LogP contribution in [0.3, 0.4) is 0 Å². The number of benzene rings is 1. The lowest BCUT2D eigenvalue weighted by Crippen LogP contribution is -2.45. The predicted octanol–water partition coefficient (Wildman–Crippen LogP) is 3.62. The molecule has 0 bridgehead atoms. The molecule has 0 radical (unpaired) electrons. The maximum atomic E-state index is 3.58. The van der Waals surface area contributed by atoms with Gasteiger partial charge < -0.3 is 10.2 Å². The van der Waals surface area contributed by atoms with Crippen LogP contribution in [0.15, 0.2) is 18.2 Å². The highest BCUT2D eigenvalue weighted by molar-refractivity contribution is 5.74. The lowest BCUT2D eigenvalue weighted by molar-refractivity contribution is 0.576. The molecule has 17 heavy (non-hydrogen) atoms. The van der Waals surface area contributed by atoms with Crippen molar-refractivity contribution in [3.63, 3.8) is 0 Å². The molecule has 0 amide bonds. The fraction of sp³-hybridized carbons (Fsp3) is 0.600. The van der Waals surface area contributed by atoms with Crippen LogP contribution < -0.4 is 10.2 Å². The molecule has 0 aromatic heterocycles. The molecule has 2 nitrogen and oxygen atoms in total. The summed E-state index contributed by atoms with van der Waals surface area (Å²) in [5, 5.41) is 3.58. The van der Waals surface area contributed by atoms with E-state index in [2.05, 4.69) is 70.1 Å². The average molecular weight is 232 g/mol. The van der Waals surface area contributed by atoms with Gasteiger partial charge in [0.1, 0.15) is 0 Å². The zero-order valence-electron chi connectivity index (χ0n) is 11.8. The van der Waals surface area contributed by atoms with Crippen LogP contribution in [-0.4, -0.2) is 19.1 Å². The highest BCUT2D eigenvalue weighted by atomic mass is 15.2. The van der Waals surface area contributed by atoms with E-state index in [-0.39, 0.29) is 5.41 Å². The molecule has 2 atom stereocenters. The number of fused-ring (bicyclic) bond motifs is 1. The summed E-state index contributed by atoms with van der Waals surface area (Å²) >= 11 is 0. The van der Waals surface area contributed by atoms with E-state index in [0.717, 1.165) is 0 Å². The second-order valence-electron chi connectivity index (χ2n) is 6.27. The summed E-state index contributed by atoms with van der Waals surface area (Å²) in [5.74, 6) is 0. The van der Waals surface area contributed by atoms with E-state index in [9.17, 15) is 0 Å². The van der Waals surface area contributed by atoms with Crippen molar-refractivity contribution in [1.29, 1.82) is 0 Å². The first kappa shape index (κ1) is 12.3. The standard InChI is InChI=1S/C15H24N2/c1-10-11(2)17(6)14-9-12(15(3,4)5)7-8-13(14)16-10/h7-11,16H,1-6H3. The second-order valence-corrected chi connectivity index (χ2v) is 6.27. The third-order valence-corrected chi connectivity index (χ3v) is 3.96. The summed E-state index contributed by atoms with van der Waals surface area (Å²) in [4.78, 5) is 2.38. The molecule has 1 heterocycles. The first-order chi connectivity index (χ1) is 7.80. The number of likely N-dealkylation sites (N-methyl/N-ethyl adjacent to an activating group) is 1. The molecule has 0 spiro atoms. The number of nitrogens with zero attached hydrogens (tertiary/aromatic N) is 1. The molecule has 2 unspecified atom stereocenters. The van der Waals surface area contributed by atoms with Crippen LogP contribution in [0, 0.1) is 0 Å². The number of hydrogen-bond donors (Lipinski definition) is 1. The van der Waals surface area contributed by atoms with E-state index < -0.39 is 0 Å². The van der Waals surface area contributed by atoms with Crippen LogP contribution >= 0.6 is 0 Å². The number of rotatable bonds is 0. The zero-order chi connectivity index (χ0) is 12.8. The minimum absolute atomic E-state index is 0.210. The normalized spacial score (nSPS) is 24.2. The Balaban J connectivity index is 2.46. The van der Waals surface area contributed by atoms with Gasteiger partial charge in [-0.05, 0) is 37.0 Å². The Kier molecular flexibility index (Phi) is 2.84. The van der Waals surface area contributed by atoms with Gasteiger partial charge in [-0.25, -0.2) is 0 Å². The van der Waals surface area contributed by atoms with Crippen LogP contribution in [-0.2, 0) is 5.41 Å². The van der Waals surface area contributed by atoms with Gasteiger partial charge in [-0.1, -0.05) is 26.8 Å². The predicted molar refractivity (Wildman–Crippen MR) is 76.1 cm³/mol. The summed E-state index contributed by atoms with van der Waals surface area (Å²) in [6.45, 7) is 11.3. The third kappa shape index (κ3) is 2.13. The molecule has 1 N–H and O–H groups in total. The highest BCUT2D eigenvalue weighted by Crippen LogP contribution is 2.36. The molecule has 94 valence electrons. The topological polar surface area (TPSA) is 15.3 Å². The fourth-order valence-corrected chi connectivity index (χ4v) is 2.33. The van der Waals surface area contributed by atoms with E-state index in [1.807, 2.05) is 0 Å². The second kappa shape index (κ2) is 3.94. The molecule has 0 saturated heterocycles. The lowest BCUT2D eigenvalue weighted by Gasteiger charge is -2.40. The Bertz CT molecular complexity index is 417. The molecule has 0 aliphatic carbocycles. The van der Waals surface area contributed by atoms with Gasteiger partial charge in [0.05, 0.1) is 11.4 Å². The van der Waals surface area contributed by atoms with Crippen LogP contribution in [0.2, 0.25) is 0 Å². The molecule has 1 aromatic rings. The van der Waals surface area contributed by atoms with Crippen LogP contribution in [0.1, 0.15) is 40.2 Å². The van der Waals surface area contributed by atoms with Gasteiger partial charge in [0.25, 0.3) is 0 Å². The average Bonchev–Trinajstić information content (AvgIpc) is 2.24. The SMILES string of the molecule is CC1Nc2ccc(C(C)(C)C)cc2N(C)C1C. The van der Waals surface area contributed by atoms with Crippen molar-refractivity contribution in [2.75, 3.05) is 17.3 Å². The van der Waals surface area contributed by atoms with E-state index in [1.54, 1.807) is 0 Å². The van der Waals surface area contributed by atoms with Crippen LogP contribution in [0.5, 0.6) is 0 Å². The Morgan fingerprint density at radius 1 is 1.18 bits per heavy atom. The maximum absolute atomic E-state index is 3.58. The van der Waals surface area contributed by atoms with Crippen molar-refractivity contribution < 1.29 is 0 Å². The molecule has 1 aliphatic rings. The summed E-state index contributed by atoms with van der Waals surface area (Å²) in [5.41, 5.74) is 4.18. The monoisotopic (exact) mass is 232 g/mol. The quantitative estimate of drug-likeness (QED) is 0.735. The van der Waals surface area contributed by atoms with Crippen molar-refractivity contribution in [1.82, 2.24) is 0 Å². The van der Waals surface area contributed by atoms with Gasteiger partial charge in [0.15, 0.2) is 0 Å². The van der Waals surface area contributed by atoms with Crippen molar-refractivity contribution >= 4 is 11.4 Å². The van der Waals surface area contributed by atoms with E-state index in [0.29, 0.717) is 12.1 Å². The Labute approximate surface area is 105 Å². The molecule has 2 heteroatoms. The van der Waals surface area contributed by atoms with Crippen LogP contribution in [0.25, 0.3) is 0 Å². The summed E-state index contributed by atoms with van der Waals surface area (Å²) in [6.07, 6.45) is 0. The molecule has 0 saturated carbocycles. The maximum Gasteiger partial charge on any atom is 0.0605 e. The van der Waals surface area contributed by atoms with Gasteiger partial charge in [0.2, 0.25) is 0 Å². The third-order valence-electron chi connectivity index (χ3n) is 3.96. The van der Waals surface area contributed by atoms with Gasteiger partial charge in [-0.3, -0.25) is 0 Å². The minimum atomic E-state index is 0.210. The van der Waals surface area contributed by atoms with Gasteiger partial charge in [-0.2, -0.15) is 0 Å². The van der Waals surface area contributed by atoms with Crippen molar-refractivity contribution in [3.05, 3.63) is 23.8 Å². The minimum Gasteiger partial charge on any atom is -0.379 e. The number of anilines is 2. The van der Waals surface area contributed by atoms with Gasteiger partial charge in [-0.15, -0.1) is 0 Å². The largest absolute Gasteiger partial charge is 0.379 e. The summed E-state index contributed by atoms with van der Waals surface area (Å²) in [6, 6.07) is 7.80. The van der Waals surface area contributed by atoms with Crippen LogP contribution in [0.4, 0.5) is 11.4 Å². The molecule has 1 aromatic carbocycles. The zero-order valence-corrected chi connectivity index (χ0v) is 11.8. The summed E-state index contributed by atoms with van der Waals surface area (Å²) < 4.78 is 0. The highest BCUT2D eigenvalue weighted by Gasteiger charge is 2.26. The van der Waals surface area contributed by atoms with E-state index >= 15 is 0 Å². The van der Waals surface area contributed by atoms with Gasteiger partial charge >= 0.3 is 0 Å². The molecule has 2 rings (SSSR count). The molecule has 0 fully saturated rings. The first-order valence-electron chi connectivity index (χ1n) is 6.44. The van der Waals surface area contributed by atoms with Crippen molar-refractivity contribution in [2.24, 2.45) is 0 Å². The first-order valence-corrected chi connectivity index (χ1v) is 6.44. The van der Waals surface area contributed by atoms with Gasteiger partial charge in [0, 0.05) is 19.1 Å². The lowest BCUT2D eigenvalue weighted by atomic mass is 9.86. The van der Waals surface area contributed by atoms with Crippen molar-refractivity contribution in [3.8, 4) is 0 Å². The Morgan fingerprint density at radius 3 is 2.41 bits per heavy atom. The number of nitrogens with one attached hydrogen (secondary N) is 1. The molecule has 1 aliphatic heterocycles. The Morgan fingerprint density at radius 2 is 1.82 bits per heavy atom.